The van der Waals surface area contributed by atoms with Crippen LogP contribution < -0.4 is 0 Å². The topological polar surface area (TPSA) is 47.2 Å². The van der Waals surface area contributed by atoms with Crippen LogP contribution in [0.3, 0.4) is 0 Å². The van der Waals surface area contributed by atoms with E-state index in [2.05, 4.69) is 41.6 Å². The van der Waals surface area contributed by atoms with Gasteiger partial charge in [0.15, 0.2) is 0 Å². The molecule has 1 heterocycles. The average Bonchev–Trinajstić information content (AvgIpc) is 3.26. The van der Waals surface area contributed by atoms with Crippen LogP contribution in [0.1, 0.15) is 0 Å². The Labute approximate surface area is 180 Å². The van der Waals surface area contributed by atoms with Gasteiger partial charge < -0.3 is 0 Å². The van der Waals surface area contributed by atoms with Gasteiger partial charge in [0.1, 0.15) is 11.4 Å². The largest absolute Gasteiger partial charge is 0.232 e. The van der Waals surface area contributed by atoms with E-state index in [1.807, 2.05) is 71.4 Å². The normalized spacial score (nSPS) is 10.7. The van der Waals surface area contributed by atoms with E-state index in [4.69, 9.17) is 5.10 Å². The molecule has 31 heavy (non-hydrogen) atoms. The Kier molecular flexibility index (Phi) is 4.95. The number of nitroso groups, excluding NO2 is 1. The van der Waals surface area contributed by atoms with Gasteiger partial charge in [-0.1, -0.05) is 91.0 Å². The summed E-state index contributed by atoms with van der Waals surface area (Å²) in [5.41, 5.74) is 7.43. The fourth-order valence-corrected chi connectivity index (χ4v) is 3.80. The number of aromatic nitrogens is 2. The minimum absolute atomic E-state index is 0.392. The van der Waals surface area contributed by atoms with Crippen molar-refractivity contribution in [1.29, 1.82) is 0 Å². The second-order valence-electron chi connectivity index (χ2n) is 7.19. The predicted octanol–water partition coefficient (Wildman–Crippen LogP) is 7.27. The van der Waals surface area contributed by atoms with Crippen molar-refractivity contribution < 1.29 is 0 Å². The van der Waals surface area contributed by atoms with Crippen molar-refractivity contribution in [3.8, 4) is 39.3 Å². The van der Waals surface area contributed by atoms with Crippen LogP contribution in [0.2, 0.25) is 0 Å². The van der Waals surface area contributed by atoms with Crippen LogP contribution in [-0.2, 0) is 0 Å². The first-order chi connectivity index (χ1) is 15.3. The van der Waals surface area contributed by atoms with E-state index in [0.29, 0.717) is 5.69 Å². The van der Waals surface area contributed by atoms with E-state index in [1.165, 1.54) is 0 Å². The third-order valence-corrected chi connectivity index (χ3v) is 5.24. The van der Waals surface area contributed by atoms with Crippen LogP contribution in [0.5, 0.6) is 0 Å². The molecule has 0 bridgehead atoms. The zero-order chi connectivity index (χ0) is 21.0. The number of benzene rings is 4. The lowest BCUT2D eigenvalue weighted by Crippen LogP contribution is -1.99. The Morgan fingerprint density at radius 2 is 1.10 bits per heavy atom. The van der Waals surface area contributed by atoms with Crippen molar-refractivity contribution in [2.45, 2.75) is 0 Å². The van der Waals surface area contributed by atoms with Gasteiger partial charge in [0, 0.05) is 16.7 Å². The van der Waals surface area contributed by atoms with E-state index in [0.717, 1.165) is 39.3 Å². The van der Waals surface area contributed by atoms with Gasteiger partial charge >= 0.3 is 0 Å². The summed E-state index contributed by atoms with van der Waals surface area (Å²) in [6, 6.07) is 38.0. The minimum Gasteiger partial charge on any atom is -0.232 e. The maximum atomic E-state index is 10.9. The predicted molar refractivity (Wildman–Crippen MR) is 125 cm³/mol. The number of hydrogen-bond donors (Lipinski definition) is 0. The van der Waals surface area contributed by atoms with E-state index < -0.39 is 0 Å². The first kappa shape index (κ1) is 18.7. The molecule has 4 heteroatoms. The first-order valence-electron chi connectivity index (χ1n) is 10.1. The van der Waals surface area contributed by atoms with Gasteiger partial charge in [-0.15, -0.1) is 4.91 Å². The van der Waals surface area contributed by atoms with Crippen LogP contribution >= 0.6 is 0 Å². The summed E-state index contributed by atoms with van der Waals surface area (Å²) < 4.78 is 1.95. The maximum Gasteiger partial charge on any atom is 0.108 e. The van der Waals surface area contributed by atoms with Gasteiger partial charge in [-0.3, -0.25) is 0 Å². The molecule has 0 spiro atoms. The Balaban J connectivity index is 1.86. The lowest BCUT2D eigenvalue weighted by Gasteiger charge is -2.11. The molecule has 5 aromatic rings. The highest BCUT2D eigenvalue weighted by atomic mass is 16.3. The molecular formula is C27H19N3O. The zero-order valence-corrected chi connectivity index (χ0v) is 16.7. The van der Waals surface area contributed by atoms with Crippen LogP contribution in [-0.4, -0.2) is 9.78 Å². The molecular weight excluding hydrogens is 382 g/mol. The summed E-state index contributed by atoms with van der Waals surface area (Å²) in [6.45, 7) is 0. The van der Waals surface area contributed by atoms with E-state index in [9.17, 15) is 4.91 Å². The Hall–Kier alpha value is -4.31. The smallest absolute Gasteiger partial charge is 0.108 e. The highest BCUT2D eigenvalue weighted by Gasteiger charge is 2.22. The third-order valence-electron chi connectivity index (χ3n) is 5.24. The summed E-state index contributed by atoms with van der Waals surface area (Å²) in [6.07, 6.45) is 0. The summed E-state index contributed by atoms with van der Waals surface area (Å²) in [5, 5.41) is 8.09. The lowest BCUT2D eigenvalue weighted by atomic mass is 9.96. The Bertz CT molecular complexity index is 1310. The minimum atomic E-state index is 0.392. The third kappa shape index (κ3) is 3.55. The fraction of sp³-hybridized carbons (Fsp3) is 0. The van der Waals surface area contributed by atoms with Gasteiger partial charge in [0.25, 0.3) is 0 Å². The molecule has 0 atom stereocenters. The van der Waals surface area contributed by atoms with Gasteiger partial charge in [-0.05, 0) is 35.0 Å². The lowest BCUT2D eigenvalue weighted by molar-refractivity contribution is 0.892. The van der Waals surface area contributed by atoms with Crippen molar-refractivity contribution in [1.82, 2.24) is 9.78 Å². The van der Waals surface area contributed by atoms with Gasteiger partial charge in [-0.2, -0.15) is 5.10 Å². The summed E-state index contributed by atoms with van der Waals surface area (Å²) >= 11 is 0. The highest BCUT2D eigenvalue weighted by molar-refractivity contribution is 5.92. The molecule has 4 aromatic carbocycles. The van der Waals surface area contributed by atoms with Crippen LogP contribution in [0.4, 0.5) is 5.69 Å². The Morgan fingerprint density at radius 1 is 0.581 bits per heavy atom. The summed E-state index contributed by atoms with van der Waals surface area (Å²) in [5.74, 6) is 0. The molecule has 0 saturated carbocycles. The van der Waals surface area contributed by atoms with E-state index in [-0.39, 0.29) is 0 Å². The van der Waals surface area contributed by atoms with Gasteiger partial charge in [0.2, 0.25) is 0 Å². The number of hydrogen-bond acceptors (Lipinski definition) is 3. The van der Waals surface area contributed by atoms with Crippen molar-refractivity contribution in [3.05, 3.63) is 120 Å². The molecule has 0 aliphatic carbocycles. The molecule has 0 saturated heterocycles. The van der Waals surface area contributed by atoms with Crippen molar-refractivity contribution in [3.63, 3.8) is 0 Å². The van der Waals surface area contributed by atoms with Crippen LogP contribution in [0.15, 0.2) is 120 Å². The molecule has 0 aliphatic heterocycles. The van der Waals surface area contributed by atoms with Crippen molar-refractivity contribution in [2.24, 2.45) is 5.18 Å². The standard InChI is InChI=1S/C27H19N3O/c31-29-23-16-18-24(19-17-23)30-27(22-14-8-3-9-15-22)25(20-10-4-1-5-11-20)26(28-30)21-12-6-2-7-13-21/h1-19H. The quantitative estimate of drug-likeness (QED) is 0.291. The second-order valence-corrected chi connectivity index (χ2v) is 7.19. The van der Waals surface area contributed by atoms with Gasteiger partial charge in [-0.25, -0.2) is 4.68 Å². The highest BCUT2D eigenvalue weighted by Crippen LogP contribution is 2.41. The first-order valence-corrected chi connectivity index (χ1v) is 10.1. The van der Waals surface area contributed by atoms with Crippen molar-refractivity contribution >= 4 is 5.69 Å². The van der Waals surface area contributed by atoms with Gasteiger partial charge in [0.05, 0.1) is 11.4 Å². The van der Waals surface area contributed by atoms with E-state index in [1.54, 1.807) is 12.1 Å². The molecule has 4 nitrogen and oxygen atoms in total. The molecule has 148 valence electrons. The molecule has 0 N–H and O–H groups in total. The molecule has 0 aliphatic rings. The molecule has 0 unspecified atom stereocenters. The molecule has 0 fully saturated rings. The second kappa shape index (κ2) is 8.20. The van der Waals surface area contributed by atoms with Crippen LogP contribution in [0.25, 0.3) is 39.3 Å². The summed E-state index contributed by atoms with van der Waals surface area (Å²) in [4.78, 5) is 10.9. The maximum absolute atomic E-state index is 10.9. The zero-order valence-electron chi connectivity index (χ0n) is 16.7. The average molecular weight is 401 g/mol. The van der Waals surface area contributed by atoms with Crippen molar-refractivity contribution in [2.75, 3.05) is 0 Å². The fourth-order valence-electron chi connectivity index (χ4n) is 3.80. The number of rotatable bonds is 5. The Morgan fingerprint density at radius 3 is 1.65 bits per heavy atom. The molecule has 0 amide bonds. The molecule has 5 rings (SSSR count). The number of nitrogens with zero attached hydrogens (tertiary/aromatic N) is 3. The van der Waals surface area contributed by atoms with E-state index >= 15 is 0 Å². The monoisotopic (exact) mass is 401 g/mol. The molecule has 1 aromatic heterocycles. The SMILES string of the molecule is O=Nc1ccc(-n2nc(-c3ccccc3)c(-c3ccccc3)c2-c2ccccc2)cc1. The molecule has 0 radical (unpaired) electrons. The van der Waals surface area contributed by atoms with Crippen LogP contribution in [0, 0.1) is 4.91 Å². The summed E-state index contributed by atoms with van der Waals surface area (Å²) in [7, 11) is 0.